The maximum Gasteiger partial charge on any atom is 0.224 e. The number of rotatable bonds is 4. The van der Waals surface area contributed by atoms with Crippen LogP contribution >= 0.6 is 0 Å². The molecule has 1 aliphatic heterocycles. The van der Waals surface area contributed by atoms with Crippen molar-refractivity contribution in [3.05, 3.63) is 29.8 Å². The molecule has 2 rings (SSSR count). The van der Waals surface area contributed by atoms with E-state index in [-0.39, 0.29) is 12.5 Å². The first-order valence-electron chi connectivity index (χ1n) is 6.48. The number of amides is 1. The first-order valence-corrected chi connectivity index (χ1v) is 6.48. The lowest BCUT2D eigenvalue weighted by Gasteiger charge is -2.21. The van der Waals surface area contributed by atoms with Crippen molar-refractivity contribution in [3.63, 3.8) is 0 Å². The molecule has 98 valence electrons. The number of aliphatic hydroxyl groups is 1. The van der Waals surface area contributed by atoms with Crippen LogP contribution < -0.4 is 10.6 Å². The number of carbonyl (C=O) groups excluding carboxylic acids is 1. The minimum Gasteiger partial charge on any atom is -0.392 e. The summed E-state index contributed by atoms with van der Waals surface area (Å²) in [4.78, 5) is 11.9. The summed E-state index contributed by atoms with van der Waals surface area (Å²) in [5, 5.41) is 15.1. The van der Waals surface area contributed by atoms with Gasteiger partial charge >= 0.3 is 0 Å². The van der Waals surface area contributed by atoms with Crippen molar-refractivity contribution in [1.82, 2.24) is 5.32 Å². The highest BCUT2D eigenvalue weighted by atomic mass is 16.3. The van der Waals surface area contributed by atoms with Gasteiger partial charge in [-0.05, 0) is 49.5 Å². The molecule has 0 spiro atoms. The normalized spacial score (nSPS) is 16.5. The summed E-state index contributed by atoms with van der Waals surface area (Å²) < 4.78 is 0. The fourth-order valence-corrected chi connectivity index (χ4v) is 2.25. The number of aliphatic hydroxyl groups excluding tert-OH is 1. The van der Waals surface area contributed by atoms with Gasteiger partial charge in [0.25, 0.3) is 0 Å². The van der Waals surface area contributed by atoms with Crippen LogP contribution in [0, 0.1) is 5.92 Å². The highest BCUT2D eigenvalue weighted by Crippen LogP contribution is 2.17. The number of benzene rings is 1. The molecule has 1 aromatic rings. The molecule has 0 aliphatic carbocycles. The highest BCUT2D eigenvalue weighted by Gasteiger charge is 2.16. The molecule has 0 unspecified atom stereocenters. The molecule has 4 heteroatoms. The van der Waals surface area contributed by atoms with Crippen molar-refractivity contribution in [3.8, 4) is 0 Å². The van der Waals surface area contributed by atoms with Gasteiger partial charge in [0.2, 0.25) is 5.91 Å². The molecule has 0 saturated carbocycles. The van der Waals surface area contributed by atoms with Crippen molar-refractivity contribution in [2.45, 2.75) is 25.9 Å². The largest absolute Gasteiger partial charge is 0.392 e. The first kappa shape index (κ1) is 13.1. The third-order valence-corrected chi connectivity index (χ3v) is 3.35. The molecule has 1 heterocycles. The molecule has 1 fully saturated rings. The van der Waals surface area contributed by atoms with Crippen LogP contribution in [0.4, 0.5) is 5.69 Å². The number of carbonyl (C=O) groups is 1. The third kappa shape index (κ3) is 3.82. The van der Waals surface area contributed by atoms with Gasteiger partial charge in [-0.15, -0.1) is 0 Å². The van der Waals surface area contributed by atoms with Gasteiger partial charge in [-0.25, -0.2) is 0 Å². The van der Waals surface area contributed by atoms with Gasteiger partial charge in [0.05, 0.1) is 6.61 Å². The Kier molecular flexibility index (Phi) is 4.73. The Morgan fingerprint density at radius 2 is 1.94 bits per heavy atom. The van der Waals surface area contributed by atoms with E-state index in [2.05, 4.69) is 10.6 Å². The summed E-state index contributed by atoms with van der Waals surface area (Å²) in [7, 11) is 0. The Hall–Kier alpha value is -1.39. The van der Waals surface area contributed by atoms with E-state index in [4.69, 9.17) is 5.11 Å². The molecule has 0 aromatic heterocycles. The molecule has 3 N–H and O–H groups in total. The van der Waals surface area contributed by atoms with E-state index in [1.54, 1.807) is 0 Å². The van der Waals surface area contributed by atoms with Crippen molar-refractivity contribution in [2.24, 2.45) is 5.92 Å². The monoisotopic (exact) mass is 248 g/mol. The van der Waals surface area contributed by atoms with Crippen molar-refractivity contribution in [1.29, 1.82) is 0 Å². The molecule has 0 atom stereocenters. The average Bonchev–Trinajstić information content (AvgIpc) is 2.40. The Bertz CT molecular complexity index is 383. The summed E-state index contributed by atoms with van der Waals surface area (Å²) in [5.41, 5.74) is 1.65. The molecular formula is C14H20N2O2. The standard InChI is InChI=1S/C14H20N2O2/c17-10-12-1-3-13(4-2-12)16-14(18)9-11-5-7-15-8-6-11/h1-4,11,15,17H,5-10H2,(H,16,18). The zero-order valence-corrected chi connectivity index (χ0v) is 10.5. The van der Waals surface area contributed by atoms with Crippen molar-refractivity contribution < 1.29 is 9.90 Å². The lowest BCUT2D eigenvalue weighted by atomic mass is 9.94. The second kappa shape index (κ2) is 6.52. The van der Waals surface area contributed by atoms with Gasteiger partial charge in [0, 0.05) is 12.1 Å². The Balaban J connectivity index is 1.82. The van der Waals surface area contributed by atoms with Crippen molar-refractivity contribution in [2.75, 3.05) is 18.4 Å². The lowest BCUT2D eigenvalue weighted by molar-refractivity contribution is -0.117. The molecule has 0 bridgehead atoms. The van der Waals surface area contributed by atoms with Crippen LogP contribution in [0.1, 0.15) is 24.8 Å². The second-order valence-corrected chi connectivity index (χ2v) is 4.80. The molecule has 1 saturated heterocycles. The average molecular weight is 248 g/mol. The number of piperidine rings is 1. The summed E-state index contributed by atoms with van der Waals surface area (Å²) in [6.07, 6.45) is 2.76. The molecule has 18 heavy (non-hydrogen) atoms. The molecular weight excluding hydrogens is 228 g/mol. The maximum absolute atomic E-state index is 11.9. The fourth-order valence-electron chi connectivity index (χ4n) is 2.25. The minimum atomic E-state index is 0.0311. The minimum absolute atomic E-state index is 0.0311. The van der Waals surface area contributed by atoms with E-state index in [1.807, 2.05) is 24.3 Å². The third-order valence-electron chi connectivity index (χ3n) is 3.35. The summed E-state index contributed by atoms with van der Waals surface area (Å²) >= 11 is 0. The highest BCUT2D eigenvalue weighted by molar-refractivity contribution is 5.90. The summed E-state index contributed by atoms with van der Waals surface area (Å²) in [6, 6.07) is 7.29. The molecule has 4 nitrogen and oxygen atoms in total. The number of anilines is 1. The lowest BCUT2D eigenvalue weighted by Crippen LogP contribution is -2.30. The summed E-state index contributed by atoms with van der Waals surface area (Å²) in [6.45, 7) is 2.07. The predicted octanol–water partition coefficient (Wildman–Crippen LogP) is 1.51. The first-order chi connectivity index (χ1) is 8.78. The van der Waals surface area contributed by atoms with Gasteiger partial charge in [0.15, 0.2) is 0 Å². The Morgan fingerprint density at radius 1 is 1.28 bits per heavy atom. The van der Waals surface area contributed by atoms with Crippen LogP contribution in [-0.4, -0.2) is 24.1 Å². The van der Waals surface area contributed by atoms with Gasteiger partial charge in [-0.1, -0.05) is 12.1 Å². The Labute approximate surface area is 107 Å². The van der Waals surface area contributed by atoms with Gasteiger partial charge in [-0.2, -0.15) is 0 Å². The van der Waals surface area contributed by atoms with Crippen LogP contribution in [-0.2, 0) is 11.4 Å². The van der Waals surface area contributed by atoms with E-state index >= 15 is 0 Å². The van der Waals surface area contributed by atoms with E-state index in [1.165, 1.54) is 0 Å². The zero-order chi connectivity index (χ0) is 12.8. The molecule has 1 amide bonds. The maximum atomic E-state index is 11.9. The van der Waals surface area contributed by atoms with Crippen LogP contribution in [0.15, 0.2) is 24.3 Å². The fraction of sp³-hybridized carbons (Fsp3) is 0.500. The van der Waals surface area contributed by atoms with Crippen molar-refractivity contribution >= 4 is 11.6 Å². The van der Waals surface area contributed by atoms with Gasteiger partial charge in [-0.3, -0.25) is 4.79 Å². The number of nitrogens with one attached hydrogen (secondary N) is 2. The van der Waals surface area contributed by atoms with E-state index in [0.29, 0.717) is 12.3 Å². The molecule has 1 aliphatic rings. The number of hydrogen-bond acceptors (Lipinski definition) is 3. The van der Waals surface area contributed by atoms with Gasteiger partial charge in [0.1, 0.15) is 0 Å². The Morgan fingerprint density at radius 3 is 2.56 bits per heavy atom. The number of hydrogen-bond donors (Lipinski definition) is 3. The van der Waals surface area contributed by atoms with Crippen LogP contribution in [0.25, 0.3) is 0 Å². The van der Waals surface area contributed by atoms with E-state index in [0.717, 1.165) is 37.2 Å². The van der Waals surface area contributed by atoms with E-state index < -0.39 is 0 Å². The molecule has 1 aromatic carbocycles. The zero-order valence-electron chi connectivity index (χ0n) is 10.5. The second-order valence-electron chi connectivity index (χ2n) is 4.80. The summed E-state index contributed by atoms with van der Waals surface area (Å²) in [5.74, 6) is 0.585. The molecule has 0 radical (unpaired) electrons. The van der Waals surface area contributed by atoms with Crippen LogP contribution in [0.2, 0.25) is 0 Å². The SMILES string of the molecule is O=C(CC1CCNCC1)Nc1ccc(CO)cc1. The van der Waals surface area contributed by atoms with Crippen LogP contribution in [0.3, 0.4) is 0 Å². The smallest absolute Gasteiger partial charge is 0.224 e. The predicted molar refractivity (Wildman–Crippen MR) is 71.2 cm³/mol. The topological polar surface area (TPSA) is 61.4 Å². The quantitative estimate of drug-likeness (QED) is 0.757. The van der Waals surface area contributed by atoms with Crippen LogP contribution in [0.5, 0.6) is 0 Å². The van der Waals surface area contributed by atoms with E-state index in [9.17, 15) is 4.79 Å². The van der Waals surface area contributed by atoms with Gasteiger partial charge < -0.3 is 15.7 Å².